The van der Waals surface area contributed by atoms with Gasteiger partial charge >= 0.3 is 0 Å². The Bertz CT molecular complexity index is 321. The quantitative estimate of drug-likeness (QED) is 0.846. The molecule has 1 heterocycles. The Balaban J connectivity index is 1.83. The van der Waals surface area contributed by atoms with Gasteiger partial charge in [0.2, 0.25) is 5.88 Å². The van der Waals surface area contributed by atoms with Crippen molar-refractivity contribution in [2.75, 3.05) is 19.0 Å². The number of nitrogens with one attached hydrogen (secondary N) is 1. The van der Waals surface area contributed by atoms with Gasteiger partial charge in [0.25, 0.3) is 0 Å². The smallest absolute Gasteiger partial charge is 0.214 e. The molecule has 3 heteroatoms. The monoisotopic (exact) mass is 220 g/mol. The maximum absolute atomic E-state index is 5.10. The number of aromatic nitrogens is 1. The minimum atomic E-state index is 0.675. The summed E-state index contributed by atoms with van der Waals surface area (Å²) in [7, 11) is 1.65. The van der Waals surface area contributed by atoms with Crippen LogP contribution >= 0.6 is 0 Å². The molecule has 1 N–H and O–H groups in total. The maximum atomic E-state index is 5.10. The molecule has 0 spiro atoms. The summed E-state index contributed by atoms with van der Waals surface area (Å²) in [5.74, 6) is 2.42. The normalized spacial score (nSPS) is 17.1. The molecule has 0 saturated heterocycles. The van der Waals surface area contributed by atoms with Gasteiger partial charge in [0.15, 0.2) is 0 Å². The number of ether oxygens (including phenoxy) is 1. The highest BCUT2D eigenvalue weighted by Crippen LogP contribution is 2.23. The van der Waals surface area contributed by atoms with Crippen LogP contribution in [0.15, 0.2) is 18.2 Å². The second-order valence-electron chi connectivity index (χ2n) is 4.45. The van der Waals surface area contributed by atoms with E-state index in [2.05, 4.69) is 10.3 Å². The third-order valence-corrected chi connectivity index (χ3v) is 3.23. The van der Waals surface area contributed by atoms with Crippen LogP contribution in [0.2, 0.25) is 0 Å². The molecule has 0 amide bonds. The van der Waals surface area contributed by atoms with Crippen LogP contribution in [0.1, 0.15) is 32.1 Å². The summed E-state index contributed by atoms with van der Waals surface area (Å²) in [6, 6.07) is 5.83. The van der Waals surface area contributed by atoms with Crippen molar-refractivity contribution in [3.63, 3.8) is 0 Å². The molecule has 1 fully saturated rings. The second-order valence-corrected chi connectivity index (χ2v) is 4.45. The van der Waals surface area contributed by atoms with Crippen molar-refractivity contribution in [2.24, 2.45) is 5.92 Å². The molecule has 0 radical (unpaired) electrons. The largest absolute Gasteiger partial charge is 0.481 e. The van der Waals surface area contributed by atoms with Crippen molar-refractivity contribution in [1.82, 2.24) is 4.98 Å². The summed E-state index contributed by atoms with van der Waals surface area (Å²) < 4.78 is 5.10. The zero-order valence-corrected chi connectivity index (χ0v) is 9.91. The topological polar surface area (TPSA) is 34.1 Å². The first kappa shape index (κ1) is 11.2. The van der Waals surface area contributed by atoms with E-state index in [9.17, 15) is 0 Å². The highest BCUT2D eigenvalue weighted by Gasteiger charge is 2.12. The zero-order chi connectivity index (χ0) is 11.2. The minimum absolute atomic E-state index is 0.675. The molecule has 1 aliphatic carbocycles. The standard InChI is InChI=1S/C13H20N2O/c1-16-13-9-5-8-12(15-13)14-10-11-6-3-2-4-7-11/h5,8-9,11H,2-4,6-7,10H2,1H3,(H,14,15). The summed E-state index contributed by atoms with van der Waals surface area (Å²) in [4.78, 5) is 4.34. The van der Waals surface area contributed by atoms with Gasteiger partial charge in [0.1, 0.15) is 5.82 Å². The number of nitrogens with zero attached hydrogens (tertiary/aromatic N) is 1. The Labute approximate surface area is 97.2 Å². The van der Waals surface area contributed by atoms with Crippen LogP contribution < -0.4 is 10.1 Å². The van der Waals surface area contributed by atoms with Crippen LogP contribution in [-0.2, 0) is 0 Å². The molecule has 1 aromatic heterocycles. The number of hydrogen-bond acceptors (Lipinski definition) is 3. The summed E-state index contributed by atoms with van der Waals surface area (Å²) in [6.45, 7) is 1.04. The predicted molar refractivity (Wildman–Crippen MR) is 65.9 cm³/mol. The molecule has 88 valence electrons. The van der Waals surface area contributed by atoms with E-state index in [1.165, 1.54) is 32.1 Å². The molecule has 0 aliphatic heterocycles. The number of methoxy groups -OCH3 is 1. The van der Waals surface area contributed by atoms with E-state index in [1.54, 1.807) is 7.11 Å². The molecule has 2 rings (SSSR count). The van der Waals surface area contributed by atoms with Crippen LogP contribution in [0.4, 0.5) is 5.82 Å². The SMILES string of the molecule is COc1cccc(NCC2CCCCC2)n1. The van der Waals surface area contributed by atoms with E-state index in [0.717, 1.165) is 18.3 Å². The molecule has 1 aliphatic rings. The Morgan fingerprint density at radius 1 is 1.31 bits per heavy atom. The molecule has 0 aromatic carbocycles. The van der Waals surface area contributed by atoms with E-state index in [4.69, 9.17) is 4.74 Å². The lowest BCUT2D eigenvalue weighted by Crippen LogP contribution is -2.17. The lowest BCUT2D eigenvalue weighted by molar-refractivity contribution is 0.372. The zero-order valence-electron chi connectivity index (χ0n) is 9.91. The van der Waals surface area contributed by atoms with Gasteiger partial charge in [-0.05, 0) is 24.8 Å². The summed E-state index contributed by atoms with van der Waals surface area (Å²) in [5, 5.41) is 3.40. The van der Waals surface area contributed by atoms with E-state index >= 15 is 0 Å². The fourth-order valence-electron chi connectivity index (χ4n) is 2.27. The lowest BCUT2D eigenvalue weighted by Gasteiger charge is -2.21. The predicted octanol–water partition coefficient (Wildman–Crippen LogP) is 3.08. The number of hydrogen-bond donors (Lipinski definition) is 1. The Morgan fingerprint density at radius 3 is 2.88 bits per heavy atom. The van der Waals surface area contributed by atoms with Crippen LogP contribution in [0.3, 0.4) is 0 Å². The molecule has 0 atom stereocenters. The molecule has 0 unspecified atom stereocenters. The van der Waals surface area contributed by atoms with Crippen molar-refractivity contribution in [3.05, 3.63) is 18.2 Å². The van der Waals surface area contributed by atoms with Crippen LogP contribution in [-0.4, -0.2) is 18.6 Å². The first-order valence-electron chi connectivity index (χ1n) is 6.13. The van der Waals surface area contributed by atoms with Crippen molar-refractivity contribution >= 4 is 5.82 Å². The molecular weight excluding hydrogens is 200 g/mol. The summed E-state index contributed by atoms with van der Waals surface area (Å²) in [5.41, 5.74) is 0. The highest BCUT2D eigenvalue weighted by molar-refractivity contribution is 5.36. The number of pyridine rings is 1. The maximum Gasteiger partial charge on any atom is 0.214 e. The average molecular weight is 220 g/mol. The number of rotatable bonds is 4. The van der Waals surface area contributed by atoms with E-state index in [-0.39, 0.29) is 0 Å². The number of anilines is 1. The Hall–Kier alpha value is -1.25. The first-order valence-corrected chi connectivity index (χ1v) is 6.13. The Kier molecular flexibility index (Phi) is 4.03. The highest BCUT2D eigenvalue weighted by atomic mass is 16.5. The van der Waals surface area contributed by atoms with Gasteiger partial charge in [-0.3, -0.25) is 0 Å². The lowest BCUT2D eigenvalue weighted by atomic mass is 9.89. The van der Waals surface area contributed by atoms with Gasteiger partial charge in [0, 0.05) is 12.6 Å². The second kappa shape index (κ2) is 5.73. The van der Waals surface area contributed by atoms with Crippen LogP contribution in [0.5, 0.6) is 5.88 Å². The third-order valence-electron chi connectivity index (χ3n) is 3.23. The van der Waals surface area contributed by atoms with Gasteiger partial charge in [-0.25, -0.2) is 0 Å². The van der Waals surface area contributed by atoms with Crippen LogP contribution in [0.25, 0.3) is 0 Å². The molecule has 3 nitrogen and oxygen atoms in total. The summed E-state index contributed by atoms with van der Waals surface area (Å²) >= 11 is 0. The first-order chi connectivity index (χ1) is 7.88. The fourth-order valence-corrected chi connectivity index (χ4v) is 2.27. The third kappa shape index (κ3) is 3.12. The van der Waals surface area contributed by atoms with Gasteiger partial charge in [-0.2, -0.15) is 4.98 Å². The average Bonchev–Trinajstić information content (AvgIpc) is 2.38. The Morgan fingerprint density at radius 2 is 2.12 bits per heavy atom. The van der Waals surface area contributed by atoms with E-state index < -0.39 is 0 Å². The molecular formula is C13H20N2O. The van der Waals surface area contributed by atoms with Crippen molar-refractivity contribution in [2.45, 2.75) is 32.1 Å². The van der Waals surface area contributed by atoms with E-state index in [1.807, 2.05) is 18.2 Å². The van der Waals surface area contributed by atoms with Gasteiger partial charge in [-0.1, -0.05) is 25.3 Å². The van der Waals surface area contributed by atoms with E-state index in [0.29, 0.717) is 5.88 Å². The molecule has 1 saturated carbocycles. The minimum Gasteiger partial charge on any atom is -0.481 e. The molecule has 16 heavy (non-hydrogen) atoms. The van der Waals surface area contributed by atoms with Crippen molar-refractivity contribution < 1.29 is 4.74 Å². The summed E-state index contributed by atoms with van der Waals surface area (Å²) in [6.07, 6.45) is 6.90. The molecule has 0 bridgehead atoms. The van der Waals surface area contributed by atoms with Gasteiger partial charge in [0.05, 0.1) is 7.11 Å². The van der Waals surface area contributed by atoms with Gasteiger partial charge < -0.3 is 10.1 Å². The fraction of sp³-hybridized carbons (Fsp3) is 0.615. The van der Waals surface area contributed by atoms with Crippen LogP contribution in [0, 0.1) is 5.92 Å². The van der Waals surface area contributed by atoms with Crippen molar-refractivity contribution in [1.29, 1.82) is 0 Å². The van der Waals surface area contributed by atoms with Gasteiger partial charge in [-0.15, -0.1) is 0 Å². The van der Waals surface area contributed by atoms with Crippen molar-refractivity contribution in [3.8, 4) is 5.88 Å². The molecule has 1 aromatic rings.